The first-order chi connectivity index (χ1) is 10.7. The molecule has 0 N–H and O–H groups in total. The normalized spacial score (nSPS) is 10.6. The first-order valence-corrected chi connectivity index (χ1v) is 7.49. The van der Waals surface area contributed by atoms with Gasteiger partial charge >= 0.3 is 5.97 Å². The zero-order chi connectivity index (χ0) is 15.5. The molecule has 0 radical (unpaired) electrons. The molecule has 0 spiro atoms. The topological polar surface area (TPSA) is 69.9 Å². The van der Waals surface area contributed by atoms with Crippen LogP contribution in [0.4, 0.5) is 0 Å². The molecule has 0 aliphatic heterocycles. The molecule has 112 valence electrons. The van der Waals surface area contributed by atoms with E-state index in [-0.39, 0.29) is 6.61 Å². The molecular formula is C15H14N4O2S. The Bertz CT molecular complexity index is 795. The fourth-order valence-electron chi connectivity index (χ4n) is 2.03. The predicted octanol–water partition coefficient (Wildman–Crippen LogP) is 2.70. The number of benzene rings is 1. The Kier molecular flexibility index (Phi) is 3.97. The largest absolute Gasteiger partial charge is 0.456 e. The van der Waals surface area contributed by atoms with Gasteiger partial charge in [-0.3, -0.25) is 0 Å². The van der Waals surface area contributed by atoms with E-state index in [0.29, 0.717) is 5.56 Å². The van der Waals surface area contributed by atoms with E-state index in [2.05, 4.69) is 14.7 Å². The van der Waals surface area contributed by atoms with Crippen molar-refractivity contribution < 1.29 is 9.53 Å². The summed E-state index contributed by atoms with van der Waals surface area (Å²) >= 11 is 1.23. The van der Waals surface area contributed by atoms with Crippen LogP contribution in [0.2, 0.25) is 0 Å². The van der Waals surface area contributed by atoms with Crippen LogP contribution in [-0.4, -0.2) is 25.3 Å². The summed E-state index contributed by atoms with van der Waals surface area (Å²) in [6.07, 6.45) is 1.53. The van der Waals surface area contributed by atoms with Crippen LogP contribution in [0.15, 0.2) is 36.5 Å². The van der Waals surface area contributed by atoms with Gasteiger partial charge in [-0.1, -0.05) is 22.7 Å². The van der Waals surface area contributed by atoms with Crippen molar-refractivity contribution in [3.63, 3.8) is 0 Å². The number of esters is 1. The van der Waals surface area contributed by atoms with Crippen LogP contribution in [0, 0.1) is 13.8 Å². The first kappa shape index (κ1) is 14.4. The van der Waals surface area contributed by atoms with Crippen molar-refractivity contribution in [2.45, 2.75) is 20.5 Å². The quantitative estimate of drug-likeness (QED) is 0.692. The fraction of sp³-hybridized carbons (Fsp3) is 0.200. The number of para-hydroxylation sites is 1. The monoisotopic (exact) mass is 314 g/mol. The maximum absolute atomic E-state index is 12.2. The number of carbonyl (C=O) groups is 1. The number of hydrogen-bond donors (Lipinski definition) is 0. The Balaban J connectivity index is 1.77. The molecule has 7 heteroatoms. The minimum Gasteiger partial charge on any atom is -0.456 e. The van der Waals surface area contributed by atoms with Gasteiger partial charge in [0.25, 0.3) is 0 Å². The molecule has 3 rings (SSSR count). The van der Waals surface area contributed by atoms with Gasteiger partial charge in [-0.05, 0) is 37.5 Å². The van der Waals surface area contributed by atoms with E-state index in [1.165, 1.54) is 17.7 Å². The third-order valence-corrected chi connectivity index (χ3v) is 4.11. The molecular weight excluding hydrogens is 300 g/mol. The fourth-order valence-corrected chi connectivity index (χ4v) is 2.58. The van der Waals surface area contributed by atoms with Gasteiger partial charge in [0, 0.05) is 0 Å². The van der Waals surface area contributed by atoms with Gasteiger partial charge in [0.2, 0.25) is 0 Å². The van der Waals surface area contributed by atoms with Crippen LogP contribution >= 0.6 is 11.5 Å². The van der Waals surface area contributed by atoms with E-state index in [0.717, 1.165) is 22.0 Å². The van der Waals surface area contributed by atoms with Gasteiger partial charge in [0.1, 0.15) is 12.2 Å². The number of carbonyl (C=O) groups excluding carboxylic acids is 1. The van der Waals surface area contributed by atoms with Crippen LogP contribution in [0.5, 0.6) is 0 Å². The summed E-state index contributed by atoms with van der Waals surface area (Å²) < 4.78 is 10.9. The second kappa shape index (κ2) is 6.07. The number of hydrogen-bond acceptors (Lipinski definition) is 6. The molecule has 3 aromatic rings. The molecule has 0 saturated heterocycles. The van der Waals surface area contributed by atoms with Crippen LogP contribution < -0.4 is 0 Å². The molecule has 2 aromatic heterocycles. The summed E-state index contributed by atoms with van der Waals surface area (Å²) in [6, 6.07) is 9.65. The van der Waals surface area contributed by atoms with Crippen molar-refractivity contribution in [3.05, 3.63) is 58.4 Å². The zero-order valence-corrected chi connectivity index (χ0v) is 13.0. The van der Waals surface area contributed by atoms with E-state index in [1.807, 2.05) is 44.2 Å². The lowest BCUT2D eigenvalue weighted by atomic mass is 10.2. The van der Waals surface area contributed by atoms with Crippen LogP contribution in [0.25, 0.3) is 5.69 Å². The third-order valence-electron chi connectivity index (χ3n) is 3.31. The van der Waals surface area contributed by atoms with E-state index in [1.54, 1.807) is 4.68 Å². The summed E-state index contributed by atoms with van der Waals surface area (Å²) in [4.78, 5) is 13.1. The van der Waals surface area contributed by atoms with Gasteiger partial charge in [-0.25, -0.2) is 9.48 Å². The molecule has 0 fully saturated rings. The highest BCUT2D eigenvalue weighted by Crippen LogP contribution is 2.16. The molecule has 6 nitrogen and oxygen atoms in total. The van der Waals surface area contributed by atoms with Crippen molar-refractivity contribution in [2.24, 2.45) is 0 Å². The van der Waals surface area contributed by atoms with Gasteiger partial charge in [0.05, 0.1) is 28.1 Å². The Morgan fingerprint density at radius 3 is 2.73 bits per heavy atom. The summed E-state index contributed by atoms with van der Waals surface area (Å²) in [7, 11) is 0. The number of nitrogens with zero attached hydrogens (tertiary/aromatic N) is 4. The second-order valence-corrected chi connectivity index (χ2v) is 5.59. The molecule has 0 amide bonds. The highest BCUT2D eigenvalue weighted by atomic mass is 32.1. The van der Waals surface area contributed by atoms with Crippen molar-refractivity contribution in [1.29, 1.82) is 0 Å². The van der Waals surface area contributed by atoms with Crippen molar-refractivity contribution in [2.75, 3.05) is 0 Å². The number of rotatable bonds is 4. The lowest BCUT2D eigenvalue weighted by molar-refractivity contribution is 0.0475. The maximum atomic E-state index is 12.2. The third kappa shape index (κ3) is 2.75. The van der Waals surface area contributed by atoms with Crippen molar-refractivity contribution >= 4 is 17.5 Å². The van der Waals surface area contributed by atoms with Crippen molar-refractivity contribution in [1.82, 2.24) is 19.4 Å². The predicted molar refractivity (Wildman–Crippen MR) is 82.1 cm³/mol. The molecule has 1 aromatic carbocycles. The minimum absolute atomic E-state index is 0.179. The summed E-state index contributed by atoms with van der Waals surface area (Å²) in [5.41, 5.74) is 2.89. The van der Waals surface area contributed by atoms with E-state index < -0.39 is 5.97 Å². The Labute approximate surface area is 131 Å². The Morgan fingerprint density at radius 1 is 1.27 bits per heavy atom. The summed E-state index contributed by atoms with van der Waals surface area (Å²) in [5.74, 6) is -0.396. The van der Waals surface area contributed by atoms with Crippen LogP contribution in [-0.2, 0) is 11.3 Å². The molecule has 0 aliphatic carbocycles. The SMILES string of the molecule is Cc1nnsc1COC(=O)c1cnn(-c2ccccc2)c1C. The van der Waals surface area contributed by atoms with E-state index >= 15 is 0 Å². The molecule has 2 heterocycles. The van der Waals surface area contributed by atoms with Gasteiger partial charge < -0.3 is 4.74 Å². The lowest BCUT2D eigenvalue weighted by Gasteiger charge is -2.05. The number of ether oxygens (including phenoxy) is 1. The zero-order valence-electron chi connectivity index (χ0n) is 12.2. The first-order valence-electron chi connectivity index (χ1n) is 6.72. The molecule has 0 bridgehead atoms. The summed E-state index contributed by atoms with van der Waals surface area (Å²) in [5, 5.41) is 8.15. The van der Waals surface area contributed by atoms with Gasteiger partial charge in [-0.2, -0.15) is 5.10 Å². The van der Waals surface area contributed by atoms with Crippen LogP contribution in [0.3, 0.4) is 0 Å². The Morgan fingerprint density at radius 2 is 2.05 bits per heavy atom. The molecule has 0 atom stereocenters. The summed E-state index contributed by atoms with van der Waals surface area (Å²) in [6.45, 7) is 3.86. The van der Waals surface area contributed by atoms with Crippen LogP contribution in [0.1, 0.15) is 26.6 Å². The number of aryl methyl sites for hydroxylation is 1. The van der Waals surface area contributed by atoms with Gasteiger partial charge in [0.15, 0.2) is 0 Å². The number of aromatic nitrogens is 4. The highest BCUT2D eigenvalue weighted by Gasteiger charge is 2.17. The highest BCUT2D eigenvalue weighted by molar-refractivity contribution is 7.05. The average molecular weight is 314 g/mol. The van der Waals surface area contributed by atoms with Crippen molar-refractivity contribution in [3.8, 4) is 5.69 Å². The maximum Gasteiger partial charge on any atom is 0.342 e. The molecule has 22 heavy (non-hydrogen) atoms. The van der Waals surface area contributed by atoms with Gasteiger partial charge in [-0.15, -0.1) is 5.10 Å². The lowest BCUT2D eigenvalue weighted by Crippen LogP contribution is -2.07. The minimum atomic E-state index is -0.396. The smallest absolute Gasteiger partial charge is 0.342 e. The van der Waals surface area contributed by atoms with E-state index in [9.17, 15) is 4.79 Å². The second-order valence-electron chi connectivity index (χ2n) is 4.75. The standard InChI is InChI=1S/C15H14N4O2S/c1-10-14(22-18-17-10)9-21-15(20)13-8-16-19(11(13)2)12-6-4-3-5-7-12/h3-8H,9H2,1-2H3. The Hall–Kier alpha value is -2.54. The van der Waals surface area contributed by atoms with E-state index in [4.69, 9.17) is 4.74 Å². The molecule has 0 unspecified atom stereocenters. The molecule has 0 aliphatic rings. The molecule has 0 saturated carbocycles. The average Bonchev–Trinajstić information content (AvgIpc) is 3.12.